The molecule has 0 radical (unpaired) electrons. The van der Waals surface area contributed by atoms with Gasteiger partial charge in [-0.05, 0) is 112 Å². The number of Topliss-reactive ketones (excluding diaryl/α,β-unsaturated/α-hetero) is 3. The molecule has 0 spiro atoms. The quantitative estimate of drug-likeness (QED) is 0.0112. The van der Waals surface area contributed by atoms with Gasteiger partial charge in [-0.1, -0.05) is 50.1 Å². The third kappa shape index (κ3) is 50.4. The smallest absolute Gasteiger partial charge is 0.321 e. The molecule has 2 unspecified atom stereocenters. The summed E-state index contributed by atoms with van der Waals surface area (Å²) in [6.45, 7) is 17.0. The molecule has 14 N–H and O–H groups in total. The zero-order valence-corrected chi connectivity index (χ0v) is 86.2. The second-order valence-corrected chi connectivity index (χ2v) is 38.5. The predicted molar refractivity (Wildman–Crippen MR) is 553 cm³/mol. The van der Waals surface area contributed by atoms with Crippen molar-refractivity contribution in [3.8, 4) is 0 Å². The Kier molecular flexibility index (Phi) is 56.6. The molecule has 6 aromatic rings. The van der Waals surface area contributed by atoms with E-state index >= 15 is 0 Å². The Morgan fingerprint density at radius 3 is 1.12 bits per heavy atom. The summed E-state index contributed by atoms with van der Waals surface area (Å²) >= 11 is 1.57. The molecule has 0 aliphatic carbocycles. The molecule has 0 saturated carbocycles. The fourth-order valence-electron chi connectivity index (χ4n) is 17.5. The number of carboxylic acid groups (broad SMARTS) is 10. The number of ketones is 3. The summed E-state index contributed by atoms with van der Waals surface area (Å²) < 4.78 is 0. The SMILES string of the molecule is CCCCCC(=O)c1csc(CN2CCN(CC(=O)O)CCN(CC(=O)O)CC2)c1.NCCCCC(=O)c1ccc(CN(CC(=O)O)C(Cc2ccc([N+](=O)[O-])cc2)CN2CCN(CC(=O)O)CCN(CC(=O)O)CC2)nc1.NCCCCC(=O)c1ccc(CN(CCN2CCN(CC(=O)O)CCN(CC(=O)O)CC2)CC(=O)O)nc1.O=C(O)CN1CCN(Cc2ccccn2)CCN(C(Cc2ccc([N+](=O)[O-])cc2)C(=O)O)CC1. The first-order valence-electron chi connectivity index (χ1n) is 50.5. The maximum atomic E-state index is 12.6. The van der Waals surface area contributed by atoms with Gasteiger partial charge in [0.1, 0.15) is 6.04 Å². The van der Waals surface area contributed by atoms with E-state index in [1.54, 1.807) is 95.5 Å². The van der Waals surface area contributed by atoms with Gasteiger partial charge in [0.25, 0.3) is 11.4 Å². The summed E-state index contributed by atoms with van der Waals surface area (Å²) in [6, 6.07) is 25.1. The molecule has 4 aliphatic heterocycles. The van der Waals surface area contributed by atoms with Gasteiger partial charge in [-0.15, -0.1) is 11.3 Å². The van der Waals surface area contributed by atoms with Crippen molar-refractivity contribution in [1.82, 2.24) is 83.6 Å². The Hall–Kier alpha value is -12.5. The molecule has 48 nitrogen and oxygen atoms in total. The summed E-state index contributed by atoms with van der Waals surface area (Å²) in [5.41, 5.74) is 16.1. The summed E-state index contributed by atoms with van der Waals surface area (Å²) in [5.74, 6) is -9.45. The minimum atomic E-state index is -1.07. The van der Waals surface area contributed by atoms with E-state index in [1.165, 1.54) is 36.7 Å². The van der Waals surface area contributed by atoms with E-state index in [0.29, 0.717) is 263 Å². The number of aromatic nitrogens is 3. The van der Waals surface area contributed by atoms with Crippen LogP contribution in [0, 0.1) is 20.2 Å². The van der Waals surface area contributed by atoms with E-state index < -0.39 is 81.6 Å². The van der Waals surface area contributed by atoms with E-state index in [9.17, 15) is 123 Å². The highest BCUT2D eigenvalue weighted by Crippen LogP contribution is 2.25. The van der Waals surface area contributed by atoms with Crippen molar-refractivity contribution < 1.29 is 123 Å². The van der Waals surface area contributed by atoms with Crippen LogP contribution in [0.5, 0.6) is 0 Å². The number of nitrogens with two attached hydrogens (primary N) is 2. The van der Waals surface area contributed by atoms with Gasteiger partial charge in [-0.3, -0.25) is 166 Å². The molecule has 4 aliphatic rings. The molecule has 2 atom stereocenters. The molecular formula is C101H147N21O27S. The lowest BCUT2D eigenvalue weighted by molar-refractivity contribution is -0.385. The third-order valence-corrected chi connectivity index (χ3v) is 26.7. The van der Waals surface area contributed by atoms with Crippen molar-refractivity contribution in [2.45, 2.75) is 122 Å². The number of carbonyl (C=O) groups excluding carboxylic acids is 3. The third-order valence-electron chi connectivity index (χ3n) is 25.8. The molecule has 10 rings (SSSR count). The van der Waals surface area contributed by atoms with Gasteiger partial charge in [0, 0.05) is 298 Å². The average Bonchev–Trinajstić information content (AvgIpc) is 1.19. The Labute approximate surface area is 875 Å². The summed E-state index contributed by atoms with van der Waals surface area (Å²) in [4.78, 5) is 214. The van der Waals surface area contributed by atoms with Crippen molar-refractivity contribution in [1.29, 1.82) is 0 Å². The number of hydrogen-bond donors (Lipinski definition) is 12. The fraction of sp³-hybridized carbons (Fsp3) is 0.564. The monoisotopic (exact) mass is 2120 g/mol. The van der Waals surface area contributed by atoms with Crippen molar-refractivity contribution >= 4 is 99.8 Å². The van der Waals surface area contributed by atoms with Crippen LogP contribution >= 0.6 is 11.3 Å². The van der Waals surface area contributed by atoms with Crippen LogP contribution in [-0.4, -0.2) is 482 Å². The number of nitro benzene ring substituents is 2. The molecule has 8 heterocycles. The number of nitro groups is 2. The minimum Gasteiger partial charge on any atom is -0.480 e. The molecule has 4 aromatic heterocycles. The van der Waals surface area contributed by atoms with Crippen LogP contribution in [0.3, 0.4) is 0 Å². The molecule has 824 valence electrons. The van der Waals surface area contributed by atoms with Crippen LogP contribution in [0.4, 0.5) is 11.4 Å². The molecule has 0 bridgehead atoms. The van der Waals surface area contributed by atoms with E-state index in [1.807, 2.05) is 49.2 Å². The van der Waals surface area contributed by atoms with Crippen LogP contribution in [0.25, 0.3) is 0 Å². The van der Waals surface area contributed by atoms with Crippen molar-refractivity contribution in [2.75, 3.05) is 249 Å². The van der Waals surface area contributed by atoms with Crippen LogP contribution in [0.2, 0.25) is 0 Å². The van der Waals surface area contributed by atoms with E-state index in [0.717, 1.165) is 60.2 Å². The highest BCUT2D eigenvalue weighted by molar-refractivity contribution is 7.10. The number of hydrogen-bond acceptors (Lipinski definition) is 37. The van der Waals surface area contributed by atoms with Gasteiger partial charge >= 0.3 is 59.7 Å². The molecule has 4 saturated heterocycles. The summed E-state index contributed by atoms with van der Waals surface area (Å²) in [7, 11) is 0. The minimum absolute atomic E-state index is 0.00164. The standard InChI is InChI=1S/C32H45N7O9.C25H40N6O7.C23H29N5O6.C21H33N3O5S/c33-10-2-1-3-29(40)25-6-7-26(34-18-25)19-38(23-32(45)46)28(17-24-4-8-27(9-5-24)39(47)48)20-35-11-13-36(21-30(41)42)15-16-37(14-12-35)22-31(43)44;26-6-2-1-3-22(32)20-4-5-21(27-15-20)16-31(19-25(37)38)14-9-28-7-10-29(17-23(33)34)12-13-30(11-8-28)18-24(35)36;29-22(30)17-26-10-9-25(16-19-3-1-2-8-24-19)11-13-27(14-12-26)21(23(31)32)15-18-4-6-20(7-5-18)28(33)34;1-2-3-4-5-19(25)17-12-18(30-16-17)13-22-6-8-23(14-20(26)27)10-11-24(9-7-22)15-21(28)29/h4-9,18,28H,1-3,10-17,19-23,33H2,(H,41,42)(H,43,44)(H,45,46);4-5,15H,1-3,6-14,16-19,26H2,(H,33,34)(H,35,36)(H,37,38);1-8,21H,9-17H2,(H,29,30)(H,31,32);12,16H,2-11,13-15H2,1H3,(H,26,27)(H,28,29). The summed E-state index contributed by atoms with van der Waals surface area (Å²) in [5, 5.41) is 118. The molecule has 0 amide bonds. The van der Waals surface area contributed by atoms with Gasteiger partial charge in [0.2, 0.25) is 0 Å². The zero-order chi connectivity index (χ0) is 109. The molecule has 49 heteroatoms. The van der Waals surface area contributed by atoms with Crippen LogP contribution in [0.1, 0.15) is 135 Å². The Morgan fingerprint density at radius 2 is 0.753 bits per heavy atom. The van der Waals surface area contributed by atoms with Crippen molar-refractivity contribution in [3.63, 3.8) is 0 Å². The molecule has 150 heavy (non-hydrogen) atoms. The van der Waals surface area contributed by atoms with Gasteiger partial charge in [-0.2, -0.15) is 0 Å². The largest absolute Gasteiger partial charge is 0.480 e. The van der Waals surface area contributed by atoms with E-state index in [4.69, 9.17) is 21.7 Å². The number of carboxylic acids is 10. The Balaban J connectivity index is 0.000000274. The van der Waals surface area contributed by atoms with Gasteiger partial charge in [0.05, 0.1) is 85.8 Å². The average molecular weight is 2120 g/mol. The highest BCUT2D eigenvalue weighted by atomic mass is 32.1. The maximum Gasteiger partial charge on any atom is 0.321 e. The molecule has 2 aromatic carbocycles. The number of rotatable bonds is 55. The van der Waals surface area contributed by atoms with Crippen LogP contribution < -0.4 is 11.5 Å². The van der Waals surface area contributed by atoms with Gasteiger partial charge < -0.3 is 62.5 Å². The van der Waals surface area contributed by atoms with E-state index in [2.05, 4.69) is 41.5 Å². The van der Waals surface area contributed by atoms with Crippen molar-refractivity contribution in [2.24, 2.45) is 11.5 Å². The topological polar surface area (TPSA) is 647 Å². The highest BCUT2D eigenvalue weighted by Gasteiger charge is 2.33. The van der Waals surface area contributed by atoms with Crippen LogP contribution in [-0.2, 0) is 87.0 Å². The number of benzene rings is 2. The van der Waals surface area contributed by atoms with Gasteiger partial charge in [-0.25, -0.2) is 0 Å². The van der Waals surface area contributed by atoms with E-state index in [-0.39, 0.29) is 107 Å². The number of pyridine rings is 3. The van der Waals surface area contributed by atoms with Gasteiger partial charge in [0.15, 0.2) is 17.3 Å². The molecule has 4 fully saturated rings. The normalized spacial score (nSPS) is 16.5. The first-order chi connectivity index (χ1) is 71.8. The lowest BCUT2D eigenvalue weighted by Gasteiger charge is -2.35. The number of nitrogens with zero attached hydrogens (tertiary/aromatic N) is 19. The van der Waals surface area contributed by atoms with Crippen LogP contribution in [0.15, 0.2) is 121 Å². The molecular weight excluding hydrogens is 1970 g/mol. The number of carbonyl (C=O) groups is 13. The summed E-state index contributed by atoms with van der Waals surface area (Å²) in [6.07, 6.45) is 12.6. The predicted octanol–water partition coefficient (Wildman–Crippen LogP) is 3.55. The Bertz CT molecular complexity index is 5140. The second-order valence-electron chi connectivity index (χ2n) is 37.5. The lowest BCUT2D eigenvalue weighted by atomic mass is 10.0. The first-order valence-corrected chi connectivity index (χ1v) is 51.3. The maximum absolute atomic E-state index is 12.6. The Morgan fingerprint density at radius 1 is 0.387 bits per heavy atom. The number of unbranched alkanes of at least 4 members (excludes halogenated alkanes) is 4. The number of aliphatic carboxylic acids is 10. The van der Waals surface area contributed by atoms with Crippen molar-refractivity contribution in [3.05, 3.63) is 191 Å². The number of non-ortho nitro benzene ring substituents is 2. The number of thiophene rings is 1. The first kappa shape index (κ1) is 124. The second kappa shape index (κ2) is 68.3. The lowest BCUT2D eigenvalue weighted by Crippen LogP contribution is -2.49. The zero-order valence-electron chi connectivity index (χ0n) is 85.4. The fourth-order valence-corrected chi connectivity index (χ4v) is 18.5.